The molecule has 4 rings (SSSR count). The number of benzene rings is 3. The van der Waals surface area contributed by atoms with Crippen LogP contribution in [0.4, 0.5) is 0 Å². The molecule has 1 saturated heterocycles. The molecular weight excluding hydrogens is 466 g/mol. The van der Waals surface area contributed by atoms with Gasteiger partial charge in [-0.2, -0.15) is 0 Å². The number of aromatic hydroxyl groups is 1. The van der Waals surface area contributed by atoms with Crippen LogP contribution in [0.15, 0.2) is 77.7 Å². The molecular formula is C26H27N3O5S. The number of nitrogens with zero attached hydrogens (tertiary/aromatic N) is 2. The summed E-state index contributed by atoms with van der Waals surface area (Å²) < 4.78 is 28.5. The topological polar surface area (TPSA) is 107 Å². The molecule has 0 spiro atoms. The van der Waals surface area contributed by atoms with Crippen LogP contribution in [-0.2, 0) is 16.6 Å². The maximum Gasteiger partial charge on any atom is 0.257 e. The first-order valence-electron chi connectivity index (χ1n) is 11.3. The molecule has 3 aromatic carbocycles. The molecule has 9 heteroatoms. The lowest BCUT2D eigenvalue weighted by atomic mass is 10.1. The molecule has 0 atom stereocenters. The van der Waals surface area contributed by atoms with E-state index in [0.717, 1.165) is 5.56 Å². The Hall–Kier alpha value is -3.69. The van der Waals surface area contributed by atoms with Crippen molar-refractivity contribution in [2.75, 3.05) is 26.2 Å². The number of carbonyl (C=O) groups is 2. The highest BCUT2D eigenvalue weighted by Gasteiger charge is 2.27. The molecule has 0 radical (unpaired) electrons. The SMILES string of the molecule is Cc1ccc(C(=O)N2CCN(C(=O)c3ccccc3O)CC2)cc1S(=O)(=O)NCc1ccccc1. The van der Waals surface area contributed by atoms with E-state index in [-0.39, 0.29) is 40.1 Å². The number of phenolic OH excluding ortho intramolecular Hbond substituents is 1. The number of hydrogen-bond acceptors (Lipinski definition) is 5. The molecule has 0 aliphatic carbocycles. The zero-order chi connectivity index (χ0) is 25.0. The standard InChI is InChI=1S/C26H27N3O5S/c1-19-11-12-21(17-24(19)35(33,34)27-18-20-7-3-2-4-8-20)25(31)28-13-15-29(16-14-28)26(32)22-9-5-6-10-23(22)30/h2-12,17,27,30H,13-16,18H2,1H3. The Bertz CT molecular complexity index is 1330. The van der Waals surface area contributed by atoms with E-state index in [4.69, 9.17) is 0 Å². The molecule has 1 heterocycles. The fraction of sp³-hybridized carbons (Fsp3) is 0.231. The van der Waals surface area contributed by atoms with Crippen molar-refractivity contribution in [2.24, 2.45) is 0 Å². The zero-order valence-electron chi connectivity index (χ0n) is 19.3. The smallest absolute Gasteiger partial charge is 0.257 e. The summed E-state index contributed by atoms with van der Waals surface area (Å²) >= 11 is 0. The number of piperazine rings is 1. The number of para-hydroxylation sites is 1. The van der Waals surface area contributed by atoms with Crippen LogP contribution in [0.2, 0.25) is 0 Å². The van der Waals surface area contributed by atoms with Crippen molar-refractivity contribution in [3.8, 4) is 5.75 Å². The molecule has 1 fully saturated rings. The molecule has 182 valence electrons. The molecule has 2 N–H and O–H groups in total. The van der Waals surface area contributed by atoms with E-state index >= 15 is 0 Å². The van der Waals surface area contributed by atoms with Gasteiger partial charge in [-0.3, -0.25) is 9.59 Å². The molecule has 0 saturated carbocycles. The summed E-state index contributed by atoms with van der Waals surface area (Å²) in [5.74, 6) is -0.659. The summed E-state index contributed by atoms with van der Waals surface area (Å²) in [6.45, 7) is 3.08. The van der Waals surface area contributed by atoms with Gasteiger partial charge in [-0.1, -0.05) is 48.5 Å². The Morgan fingerprint density at radius 3 is 2.11 bits per heavy atom. The summed E-state index contributed by atoms with van der Waals surface area (Å²) in [4.78, 5) is 29.1. The zero-order valence-corrected chi connectivity index (χ0v) is 20.2. The van der Waals surface area contributed by atoms with Gasteiger partial charge in [0.05, 0.1) is 10.5 Å². The monoisotopic (exact) mass is 493 g/mol. The Morgan fingerprint density at radius 2 is 1.46 bits per heavy atom. The van der Waals surface area contributed by atoms with Gasteiger partial charge in [0.25, 0.3) is 11.8 Å². The average Bonchev–Trinajstić information content (AvgIpc) is 2.88. The normalized spacial score (nSPS) is 14.1. The van der Waals surface area contributed by atoms with Crippen LogP contribution < -0.4 is 4.72 Å². The van der Waals surface area contributed by atoms with Crippen molar-refractivity contribution in [1.29, 1.82) is 0 Å². The van der Waals surface area contributed by atoms with Gasteiger partial charge in [0.2, 0.25) is 10.0 Å². The first-order chi connectivity index (χ1) is 16.8. The van der Waals surface area contributed by atoms with Crippen molar-refractivity contribution in [2.45, 2.75) is 18.4 Å². The summed E-state index contributed by atoms with van der Waals surface area (Å²) in [5, 5.41) is 9.95. The van der Waals surface area contributed by atoms with Gasteiger partial charge in [-0.15, -0.1) is 0 Å². The number of nitrogens with one attached hydrogen (secondary N) is 1. The van der Waals surface area contributed by atoms with E-state index in [1.54, 1.807) is 47.1 Å². The van der Waals surface area contributed by atoms with Crippen molar-refractivity contribution in [3.63, 3.8) is 0 Å². The van der Waals surface area contributed by atoms with Crippen LogP contribution in [0.3, 0.4) is 0 Å². The number of amides is 2. The summed E-state index contributed by atoms with van der Waals surface area (Å²) in [7, 11) is -3.83. The predicted molar refractivity (Wildman–Crippen MR) is 132 cm³/mol. The van der Waals surface area contributed by atoms with Crippen LogP contribution in [0, 0.1) is 6.92 Å². The minimum Gasteiger partial charge on any atom is -0.507 e. The summed E-state index contributed by atoms with van der Waals surface area (Å²) in [5.41, 5.74) is 1.87. The first kappa shape index (κ1) is 24.4. The maximum atomic E-state index is 13.1. The van der Waals surface area contributed by atoms with Crippen LogP contribution in [0.5, 0.6) is 5.75 Å². The molecule has 1 aliphatic heterocycles. The quantitative estimate of drug-likeness (QED) is 0.549. The second kappa shape index (κ2) is 10.3. The molecule has 2 amide bonds. The lowest BCUT2D eigenvalue weighted by Crippen LogP contribution is -2.50. The highest BCUT2D eigenvalue weighted by Crippen LogP contribution is 2.21. The number of phenols is 1. The Balaban J connectivity index is 1.43. The van der Waals surface area contributed by atoms with Gasteiger partial charge in [-0.25, -0.2) is 13.1 Å². The molecule has 8 nitrogen and oxygen atoms in total. The van der Waals surface area contributed by atoms with Crippen LogP contribution in [0.25, 0.3) is 0 Å². The number of carbonyl (C=O) groups excluding carboxylic acids is 2. The van der Waals surface area contributed by atoms with Gasteiger partial charge in [0.15, 0.2) is 0 Å². The third-order valence-corrected chi connectivity index (χ3v) is 7.57. The van der Waals surface area contributed by atoms with E-state index in [1.165, 1.54) is 12.1 Å². The molecule has 3 aromatic rings. The average molecular weight is 494 g/mol. The van der Waals surface area contributed by atoms with Crippen molar-refractivity contribution in [1.82, 2.24) is 14.5 Å². The highest BCUT2D eigenvalue weighted by molar-refractivity contribution is 7.89. The number of rotatable bonds is 6. The maximum absolute atomic E-state index is 13.1. The first-order valence-corrected chi connectivity index (χ1v) is 12.8. The molecule has 1 aliphatic rings. The fourth-order valence-electron chi connectivity index (χ4n) is 3.99. The summed E-state index contributed by atoms with van der Waals surface area (Å²) in [6, 6.07) is 20.2. The van der Waals surface area contributed by atoms with E-state index in [2.05, 4.69) is 4.72 Å². The van der Waals surface area contributed by atoms with Gasteiger partial charge < -0.3 is 14.9 Å². The minimum atomic E-state index is -3.83. The van der Waals surface area contributed by atoms with Crippen LogP contribution in [-0.4, -0.2) is 61.3 Å². The third-order valence-electron chi connectivity index (χ3n) is 6.02. The van der Waals surface area contributed by atoms with Crippen molar-refractivity contribution < 1.29 is 23.1 Å². The van der Waals surface area contributed by atoms with E-state index in [9.17, 15) is 23.1 Å². The number of sulfonamides is 1. The van der Waals surface area contributed by atoms with Crippen LogP contribution >= 0.6 is 0 Å². The highest BCUT2D eigenvalue weighted by atomic mass is 32.2. The number of hydrogen-bond donors (Lipinski definition) is 2. The third kappa shape index (κ3) is 5.52. The molecule has 0 aromatic heterocycles. The van der Waals surface area contributed by atoms with Crippen LogP contribution in [0.1, 0.15) is 31.8 Å². The van der Waals surface area contributed by atoms with Gasteiger partial charge in [0.1, 0.15) is 5.75 Å². The van der Waals surface area contributed by atoms with E-state index in [1.807, 2.05) is 30.3 Å². The van der Waals surface area contributed by atoms with Crippen molar-refractivity contribution >= 4 is 21.8 Å². The summed E-state index contributed by atoms with van der Waals surface area (Å²) in [6.07, 6.45) is 0. The minimum absolute atomic E-state index is 0.0626. The van der Waals surface area contributed by atoms with Gasteiger partial charge >= 0.3 is 0 Å². The predicted octanol–water partition coefficient (Wildman–Crippen LogP) is 2.78. The van der Waals surface area contributed by atoms with E-state index < -0.39 is 10.0 Å². The Labute approximate surface area is 204 Å². The lowest BCUT2D eigenvalue weighted by Gasteiger charge is -2.35. The second-order valence-electron chi connectivity index (χ2n) is 8.39. The molecule has 35 heavy (non-hydrogen) atoms. The van der Waals surface area contributed by atoms with E-state index in [0.29, 0.717) is 31.7 Å². The largest absolute Gasteiger partial charge is 0.507 e. The van der Waals surface area contributed by atoms with Gasteiger partial charge in [0, 0.05) is 38.3 Å². The lowest BCUT2D eigenvalue weighted by molar-refractivity contribution is 0.0533. The second-order valence-corrected chi connectivity index (χ2v) is 10.1. The fourth-order valence-corrected chi connectivity index (χ4v) is 5.28. The Kier molecular flexibility index (Phi) is 7.18. The number of aryl methyl sites for hydroxylation is 1. The Morgan fingerprint density at radius 1 is 0.857 bits per heavy atom. The van der Waals surface area contributed by atoms with Crippen molar-refractivity contribution in [3.05, 3.63) is 95.1 Å². The van der Waals surface area contributed by atoms with Gasteiger partial charge in [-0.05, 0) is 42.3 Å². The molecule has 0 bridgehead atoms. The molecule has 0 unspecified atom stereocenters.